The van der Waals surface area contributed by atoms with E-state index in [2.05, 4.69) is 0 Å². The maximum absolute atomic E-state index is 5.61. The summed E-state index contributed by atoms with van der Waals surface area (Å²) in [5, 5.41) is 0.867. The number of rotatable bonds is 5. The number of hydrogen-bond acceptors (Lipinski definition) is 4. The third kappa shape index (κ3) is 2.40. The summed E-state index contributed by atoms with van der Waals surface area (Å²) in [5.74, 6) is 1.00. The average Bonchev–Trinajstić information content (AvgIpc) is 2.69. The van der Waals surface area contributed by atoms with Crippen molar-refractivity contribution >= 4 is 28.2 Å². The third-order valence-electron chi connectivity index (χ3n) is 2.31. The van der Waals surface area contributed by atoms with Gasteiger partial charge in [0.15, 0.2) is 5.75 Å². The van der Waals surface area contributed by atoms with Crippen LogP contribution in [0.5, 0.6) is 5.75 Å². The minimum absolute atomic E-state index is 0.189. The number of fused-ring (bicyclic) bond motifs is 1. The normalized spacial score (nSPS) is 10.6. The van der Waals surface area contributed by atoms with Gasteiger partial charge in [-0.3, -0.25) is 0 Å². The highest BCUT2D eigenvalue weighted by molar-refractivity contribution is 7.80. The number of benzene rings is 1. The summed E-state index contributed by atoms with van der Waals surface area (Å²) in [5.41, 5.74) is 6.32. The van der Waals surface area contributed by atoms with E-state index in [1.54, 1.807) is 7.11 Å². The van der Waals surface area contributed by atoms with Gasteiger partial charge in [-0.2, -0.15) is 0 Å². The molecular weight excluding hydrogens is 238 g/mol. The smallest absolute Gasteiger partial charge is 0.204 e. The lowest BCUT2D eigenvalue weighted by Crippen LogP contribution is -2.11. The molecule has 2 rings (SSSR count). The molecule has 17 heavy (non-hydrogen) atoms. The number of para-hydroxylation sites is 1. The molecule has 0 unspecified atom stereocenters. The summed E-state index contributed by atoms with van der Waals surface area (Å²) < 4.78 is 16.1. The average molecular weight is 251 g/mol. The molecule has 0 aliphatic carbocycles. The Kier molecular flexibility index (Phi) is 3.61. The summed E-state index contributed by atoms with van der Waals surface area (Å²) in [4.78, 5) is 0.189. The molecule has 0 bridgehead atoms. The minimum Gasteiger partial charge on any atom is -0.486 e. The Morgan fingerprint density at radius 3 is 2.82 bits per heavy atom. The molecule has 2 aromatic rings. The Morgan fingerprint density at radius 1 is 1.35 bits per heavy atom. The van der Waals surface area contributed by atoms with Crippen LogP contribution in [0.3, 0.4) is 0 Å². The SMILES string of the molecule is COCCOc1c(C(N)=S)oc2ccccc12. The van der Waals surface area contributed by atoms with Gasteiger partial charge in [-0.15, -0.1) is 0 Å². The van der Waals surface area contributed by atoms with E-state index >= 15 is 0 Å². The van der Waals surface area contributed by atoms with Crippen LogP contribution >= 0.6 is 12.2 Å². The molecule has 0 fully saturated rings. The van der Waals surface area contributed by atoms with Crippen molar-refractivity contribution in [2.75, 3.05) is 20.3 Å². The van der Waals surface area contributed by atoms with Gasteiger partial charge in [0.2, 0.25) is 5.76 Å². The molecule has 1 aromatic heterocycles. The predicted molar refractivity (Wildman–Crippen MR) is 69.5 cm³/mol. The lowest BCUT2D eigenvalue weighted by atomic mass is 10.2. The summed E-state index contributed by atoms with van der Waals surface area (Å²) in [6.07, 6.45) is 0. The first-order valence-electron chi connectivity index (χ1n) is 5.17. The maximum atomic E-state index is 5.61. The van der Waals surface area contributed by atoms with Crippen LogP contribution in [-0.2, 0) is 4.74 Å². The van der Waals surface area contributed by atoms with E-state index in [1.807, 2.05) is 24.3 Å². The van der Waals surface area contributed by atoms with Crippen LogP contribution in [0, 0.1) is 0 Å². The molecule has 0 radical (unpaired) electrons. The summed E-state index contributed by atoms with van der Waals surface area (Å²) >= 11 is 4.94. The molecule has 1 heterocycles. The zero-order chi connectivity index (χ0) is 12.3. The summed E-state index contributed by atoms with van der Waals surface area (Å²) in [7, 11) is 1.62. The predicted octanol–water partition coefficient (Wildman–Crippen LogP) is 2.09. The fourth-order valence-corrected chi connectivity index (χ4v) is 1.69. The highest BCUT2D eigenvalue weighted by atomic mass is 32.1. The second kappa shape index (κ2) is 5.16. The van der Waals surface area contributed by atoms with Crippen molar-refractivity contribution in [3.05, 3.63) is 30.0 Å². The minimum atomic E-state index is 0.189. The van der Waals surface area contributed by atoms with Gasteiger partial charge >= 0.3 is 0 Å². The molecule has 0 aliphatic heterocycles. The molecule has 90 valence electrons. The zero-order valence-electron chi connectivity index (χ0n) is 9.43. The van der Waals surface area contributed by atoms with Crippen molar-refractivity contribution in [2.24, 2.45) is 5.73 Å². The highest BCUT2D eigenvalue weighted by Gasteiger charge is 2.17. The molecule has 0 amide bonds. The van der Waals surface area contributed by atoms with E-state index in [0.29, 0.717) is 30.3 Å². The number of thiocarbonyl (C=S) groups is 1. The maximum Gasteiger partial charge on any atom is 0.204 e. The molecule has 0 saturated carbocycles. The van der Waals surface area contributed by atoms with Gasteiger partial charge in [-0.05, 0) is 12.1 Å². The van der Waals surface area contributed by atoms with Crippen molar-refractivity contribution in [3.8, 4) is 5.75 Å². The van der Waals surface area contributed by atoms with Crippen LogP contribution in [-0.4, -0.2) is 25.3 Å². The summed E-state index contributed by atoms with van der Waals surface area (Å²) in [6, 6.07) is 7.54. The van der Waals surface area contributed by atoms with E-state index in [4.69, 9.17) is 31.8 Å². The molecule has 4 nitrogen and oxygen atoms in total. The van der Waals surface area contributed by atoms with Gasteiger partial charge in [0, 0.05) is 7.11 Å². The van der Waals surface area contributed by atoms with Crippen LogP contribution in [0.15, 0.2) is 28.7 Å². The van der Waals surface area contributed by atoms with Crippen molar-refractivity contribution in [2.45, 2.75) is 0 Å². The lowest BCUT2D eigenvalue weighted by Gasteiger charge is -2.05. The van der Waals surface area contributed by atoms with E-state index in [0.717, 1.165) is 5.39 Å². The van der Waals surface area contributed by atoms with Crippen LogP contribution < -0.4 is 10.5 Å². The van der Waals surface area contributed by atoms with Crippen LogP contribution in [0.25, 0.3) is 11.0 Å². The molecule has 0 aliphatic rings. The van der Waals surface area contributed by atoms with Crippen LogP contribution in [0.1, 0.15) is 5.76 Å². The second-order valence-electron chi connectivity index (χ2n) is 3.46. The number of furan rings is 1. The standard InChI is InChI=1S/C12H13NO3S/c1-14-6-7-15-10-8-4-2-3-5-9(8)16-11(10)12(13)17/h2-5H,6-7H2,1H3,(H2,13,17). The molecule has 1 aromatic carbocycles. The molecular formula is C12H13NO3S. The number of ether oxygens (including phenoxy) is 2. The molecule has 0 spiro atoms. The second-order valence-corrected chi connectivity index (χ2v) is 3.90. The van der Waals surface area contributed by atoms with E-state index in [1.165, 1.54) is 0 Å². The van der Waals surface area contributed by atoms with Crippen molar-refractivity contribution in [1.29, 1.82) is 0 Å². The van der Waals surface area contributed by atoms with Gasteiger partial charge in [0.05, 0.1) is 12.0 Å². The van der Waals surface area contributed by atoms with Gasteiger partial charge in [-0.25, -0.2) is 0 Å². The topological polar surface area (TPSA) is 57.6 Å². The van der Waals surface area contributed by atoms with E-state index < -0.39 is 0 Å². The van der Waals surface area contributed by atoms with E-state index in [-0.39, 0.29) is 4.99 Å². The fourth-order valence-electron chi connectivity index (χ4n) is 1.55. The monoisotopic (exact) mass is 251 g/mol. The number of nitrogens with two attached hydrogens (primary N) is 1. The summed E-state index contributed by atoms with van der Waals surface area (Å²) in [6.45, 7) is 0.923. The lowest BCUT2D eigenvalue weighted by molar-refractivity contribution is 0.146. The Balaban J connectivity index is 2.41. The molecule has 0 saturated heterocycles. The molecule has 5 heteroatoms. The highest BCUT2D eigenvalue weighted by Crippen LogP contribution is 2.32. The molecule has 0 atom stereocenters. The van der Waals surface area contributed by atoms with E-state index in [9.17, 15) is 0 Å². The number of hydrogen-bond donors (Lipinski definition) is 1. The van der Waals surface area contributed by atoms with Crippen molar-refractivity contribution in [3.63, 3.8) is 0 Å². The van der Waals surface area contributed by atoms with Gasteiger partial charge < -0.3 is 19.6 Å². The van der Waals surface area contributed by atoms with Crippen molar-refractivity contribution in [1.82, 2.24) is 0 Å². The van der Waals surface area contributed by atoms with Gasteiger partial charge in [0.1, 0.15) is 17.2 Å². The first kappa shape index (κ1) is 11.9. The Labute approximate surface area is 104 Å². The first-order valence-corrected chi connectivity index (χ1v) is 5.58. The Hall–Kier alpha value is -1.59. The quantitative estimate of drug-likeness (QED) is 0.651. The van der Waals surface area contributed by atoms with Gasteiger partial charge in [0.25, 0.3) is 0 Å². The van der Waals surface area contributed by atoms with Crippen molar-refractivity contribution < 1.29 is 13.9 Å². The fraction of sp³-hybridized carbons (Fsp3) is 0.250. The third-order valence-corrected chi connectivity index (χ3v) is 2.49. The van der Waals surface area contributed by atoms with Crippen LogP contribution in [0.2, 0.25) is 0 Å². The first-order chi connectivity index (χ1) is 8.24. The Bertz CT molecular complexity index is 536. The molecule has 2 N–H and O–H groups in total. The largest absolute Gasteiger partial charge is 0.486 e. The van der Waals surface area contributed by atoms with Gasteiger partial charge in [-0.1, -0.05) is 24.4 Å². The number of methoxy groups -OCH3 is 1. The van der Waals surface area contributed by atoms with Crippen LogP contribution in [0.4, 0.5) is 0 Å². The Morgan fingerprint density at radius 2 is 2.12 bits per heavy atom. The zero-order valence-corrected chi connectivity index (χ0v) is 10.3.